The summed E-state index contributed by atoms with van der Waals surface area (Å²) in [7, 11) is 0. The molecular formula is C13H26N2. The Morgan fingerprint density at radius 1 is 1.27 bits per heavy atom. The van der Waals surface area contributed by atoms with Gasteiger partial charge in [0, 0.05) is 18.6 Å². The summed E-state index contributed by atoms with van der Waals surface area (Å²) in [5.41, 5.74) is 5.98. The summed E-state index contributed by atoms with van der Waals surface area (Å²) in [6.45, 7) is 7.37. The first-order valence-corrected chi connectivity index (χ1v) is 6.66. The zero-order valence-corrected chi connectivity index (χ0v) is 10.3. The lowest BCUT2D eigenvalue weighted by molar-refractivity contribution is 0.177. The first-order valence-electron chi connectivity index (χ1n) is 6.66. The molecule has 2 N–H and O–H groups in total. The Morgan fingerprint density at radius 2 is 2.07 bits per heavy atom. The monoisotopic (exact) mass is 210 g/mol. The van der Waals surface area contributed by atoms with Gasteiger partial charge >= 0.3 is 0 Å². The van der Waals surface area contributed by atoms with Crippen LogP contribution >= 0.6 is 0 Å². The van der Waals surface area contributed by atoms with Crippen LogP contribution in [0.1, 0.15) is 46.0 Å². The lowest BCUT2D eigenvalue weighted by Gasteiger charge is -2.29. The molecule has 2 aliphatic rings. The van der Waals surface area contributed by atoms with Crippen LogP contribution in [-0.4, -0.2) is 30.1 Å². The van der Waals surface area contributed by atoms with Crippen molar-refractivity contribution in [2.45, 2.75) is 58.0 Å². The normalized spacial score (nSPS) is 38.0. The van der Waals surface area contributed by atoms with Crippen molar-refractivity contribution in [1.29, 1.82) is 0 Å². The van der Waals surface area contributed by atoms with E-state index in [2.05, 4.69) is 18.7 Å². The van der Waals surface area contributed by atoms with E-state index in [1.165, 1.54) is 45.2 Å². The zero-order chi connectivity index (χ0) is 10.8. The standard InChI is InChI=1S/C13H26N2/c1-10(2)13-4-3-7-15(13)9-11-5-6-12(14)8-11/h10-13H,3-9,14H2,1-2H3. The molecule has 0 bridgehead atoms. The Bertz CT molecular complexity index is 203. The second kappa shape index (κ2) is 4.84. The van der Waals surface area contributed by atoms with Crippen molar-refractivity contribution in [1.82, 2.24) is 4.90 Å². The molecule has 1 heterocycles. The number of hydrogen-bond donors (Lipinski definition) is 1. The number of hydrogen-bond acceptors (Lipinski definition) is 2. The van der Waals surface area contributed by atoms with Gasteiger partial charge in [-0.05, 0) is 50.5 Å². The molecular weight excluding hydrogens is 184 g/mol. The van der Waals surface area contributed by atoms with Crippen molar-refractivity contribution < 1.29 is 0 Å². The molecule has 1 saturated heterocycles. The van der Waals surface area contributed by atoms with Gasteiger partial charge in [0.2, 0.25) is 0 Å². The van der Waals surface area contributed by atoms with Crippen molar-refractivity contribution >= 4 is 0 Å². The minimum Gasteiger partial charge on any atom is -0.328 e. The predicted molar refractivity (Wildman–Crippen MR) is 64.7 cm³/mol. The average molecular weight is 210 g/mol. The Morgan fingerprint density at radius 3 is 2.67 bits per heavy atom. The van der Waals surface area contributed by atoms with E-state index in [1.54, 1.807) is 0 Å². The maximum Gasteiger partial charge on any atom is 0.0119 e. The average Bonchev–Trinajstić information content (AvgIpc) is 2.75. The summed E-state index contributed by atoms with van der Waals surface area (Å²) in [6, 6.07) is 1.34. The molecule has 3 atom stereocenters. The molecule has 15 heavy (non-hydrogen) atoms. The Balaban J connectivity index is 1.83. The van der Waals surface area contributed by atoms with E-state index in [-0.39, 0.29) is 0 Å². The molecule has 0 aromatic carbocycles. The second-order valence-corrected chi connectivity index (χ2v) is 5.89. The van der Waals surface area contributed by atoms with E-state index < -0.39 is 0 Å². The maximum atomic E-state index is 5.98. The van der Waals surface area contributed by atoms with E-state index >= 15 is 0 Å². The first kappa shape index (κ1) is 11.4. The molecule has 0 radical (unpaired) electrons. The van der Waals surface area contributed by atoms with Crippen LogP contribution in [0.25, 0.3) is 0 Å². The summed E-state index contributed by atoms with van der Waals surface area (Å²) in [4.78, 5) is 2.73. The molecule has 1 aliphatic heterocycles. The fraction of sp³-hybridized carbons (Fsp3) is 1.00. The first-order chi connectivity index (χ1) is 7.16. The van der Waals surface area contributed by atoms with Crippen LogP contribution in [0.4, 0.5) is 0 Å². The van der Waals surface area contributed by atoms with Crippen LogP contribution in [0.2, 0.25) is 0 Å². The van der Waals surface area contributed by atoms with E-state index in [1.807, 2.05) is 0 Å². The molecule has 0 aromatic heterocycles. The highest BCUT2D eigenvalue weighted by molar-refractivity contribution is 4.86. The van der Waals surface area contributed by atoms with E-state index in [9.17, 15) is 0 Å². The van der Waals surface area contributed by atoms with Crippen molar-refractivity contribution in [3.05, 3.63) is 0 Å². The fourth-order valence-electron chi connectivity index (χ4n) is 3.44. The number of likely N-dealkylation sites (tertiary alicyclic amines) is 1. The zero-order valence-electron chi connectivity index (χ0n) is 10.3. The third-order valence-corrected chi connectivity index (χ3v) is 4.26. The van der Waals surface area contributed by atoms with Crippen LogP contribution in [-0.2, 0) is 0 Å². The van der Waals surface area contributed by atoms with Gasteiger partial charge in [-0.3, -0.25) is 4.90 Å². The number of nitrogens with zero attached hydrogens (tertiary/aromatic N) is 1. The Kier molecular flexibility index (Phi) is 3.68. The van der Waals surface area contributed by atoms with Crippen LogP contribution in [0, 0.1) is 11.8 Å². The highest BCUT2D eigenvalue weighted by Gasteiger charge is 2.31. The molecule has 88 valence electrons. The maximum absolute atomic E-state index is 5.98. The third-order valence-electron chi connectivity index (χ3n) is 4.26. The van der Waals surface area contributed by atoms with Gasteiger partial charge in [0.15, 0.2) is 0 Å². The van der Waals surface area contributed by atoms with E-state index in [0.29, 0.717) is 6.04 Å². The van der Waals surface area contributed by atoms with E-state index in [0.717, 1.165) is 17.9 Å². The van der Waals surface area contributed by atoms with Gasteiger partial charge in [0.25, 0.3) is 0 Å². The SMILES string of the molecule is CC(C)C1CCCN1CC1CCC(N)C1. The van der Waals surface area contributed by atoms with Gasteiger partial charge in [-0.2, -0.15) is 0 Å². The fourth-order valence-corrected chi connectivity index (χ4v) is 3.44. The van der Waals surface area contributed by atoms with Crippen molar-refractivity contribution in [2.24, 2.45) is 17.6 Å². The molecule has 2 rings (SSSR count). The van der Waals surface area contributed by atoms with Crippen molar-refractivity contribution in [3.8, 4) is 0 Å². The molecule has 3 unspecified atom stereocenters. The lowest BCUT2D eigenvalue weighted by atomic mass is 10.0. The molecule has 0 amide bonds. The summed E-state index contributed by atoms with van der Waals surface area (Å²) >= 11 is 0. The van der Waals surface area contributed by atoms with Crippen molar-refractivity contribution in [2.75, 3.05) is 13.1 Å². The molecule has 1 aliphatic carbocycles. The quantitative estimate of drug-likeness (QED) is 0.774. The molecule has 0 aromatic rings. The third kappa shape index (κ3) is 2.73. The van der Waals surface area contributed by atoms with Gasteiger partial charge in [0.1, 0.15) is 0 Å². The number of rotatable bonds is 3. The van der Waals surface area contributed by atoms with Crippen LogP contribution in [0.5, 0.6) is 0 Å². The van der Waals surface area contributed by atoms with Gasteiger partial charge in [-0.1, -0.05) is 13.8 Å². The highest BCUT2D eigenvalue weighted by Crippen LogP contribution is 2.30. The van der Waals surface area contributed by atoms with Crippen molar-refractivity contribution in [3.63, 3.8) is 0 Å². The lowest BCUT2D eigenvalue weighted by Crippen LogP contribution is -2.36. The van der Waals surface area contributed by atoms with Gasteiger partial charge < -0.3 is 5.73 Å². The summed E-state index contributed by atoms with van der Waals surface area (Å²) in [6.07, 6.45) is 6.70. The van der Waals surface area contributed by atoms with Gasteiger partial charge in [-0.15, -0.1) is 0 Å². The van der Waals surface area contributed by atoms with Gasteiger partial charge in [-0.25, -0.2) is 0 Å². The summed E-state index contributed by atoms with van der Waals surface area (Å²) < 4.78 is 0. The predicted octanol–water partition coefficient (Wildman–Crippen LogP) is 2.23. The van der Waals surface area contributed by atoms with Crippen LogP contribution in [0.3, 0.4) is 0 Å². The molecule has 2 heteroatoms. The Labute approximate surface area is 94.2 Å². The molecule has 0 spiro atoms. The van der Waals surface area contributed by atoms with E-state index in [4.69, 9.17) is 5.73 Å². The molecule has 2 nitrogen and oxygen atoms in total. The topological polar surface area (TPSA) is 29.3 Å². The minimum absolute atomic E-state index is 0.495. The molecule has 1 saturated carbocycles. The Hall–Kier alpha value is -0.0800. The second-order valence-electron chi connectivity index (χ2n) is 5.89. The number of nitrogens with two attached hydrogens (primary N) is 1. The molecule has 2 fully saturated rings. The summed E-state index contributed by atoms with van der Waals surface area (Å²) in [5, 5.41) is 0. The largest absolute Gasteiger partial charge is 0.328 e. The smallest absolute Gasteiger partial charge is 0.0119 e. The van der Waals surface area contributed by atoms with Crippen LogP contribution < -0.4 is 5.73 Å². The summed E-state index contributed by atoms with van der Waals surface area (Å²) in [5.74, 6) is 1.71. The minimum atomic E-state index is 0.495. The highest BCUT2D eigenvalue weighted by atomic mass is 15.2. The van der Waals surface area contributed by atoms with Crippen LogP contribution in [0.15, 0.2) is 0 Å². The van der Waals surface area contributed by atoms with Gasteiger partial charge in [0.05, 0.1) is 0 Å².